The Bertz CT molecular complexity index is 2490. The predicted octanol–water partition coefficient (Wildman–Crippen LogP) is 3.73. The molecule has 4 aliphatic rings. The number of halogens is 1. The number of aliphatic hydroxyl groups excluding tert-OH is 2. The number of cyclic esters (lactones) is 1. The zero-order chi connectivity index (χ0) is 57.9. The van der Waals surface area contributed by atoms with Gasteiger partial charge in [-0.3, -0.25) is 19.2 Å². The number of carboxylic acid groups (broad SMARTS) is 1. The number of nitrogens with one attached hydrogen (secondary N) is 3. The Labute approximate surface area is 462 Å². The lowest BCUT2D eigenvalue weighted by atomic mass is 9.78. The summed E-state index contributed by atoms with van der Waals surface area (Å²) in [4.78, 5) is 69.0. The van der Waals surface area contributed by atoms with Crippen LogP contribution in [0.2, 0.25) is 5.02 Å². The highest BCUT2D eigenvalue weighted by Crippen LogP contribution is 2.42. The third-order valence-corrected chi connectivity index (χ3v) is 16.7. The van der Waals surface area contributed by atoms with Crippen LogP contribution in [0.4, 0.5) is 5.69 Å². The van der Waals surface area contributed by atoms with E-state index in [9.17, 15) is 49.5 Å². The number of ether oxygens (including phenoxy) is 7. The summed E-state index contributed by atoms with van der Waals surface area (Å²) < 4.78 is 46.3. The molecule has 23 heteroatoms. The summed E-state index contributed by atoms with van der Waals surface area (Å²) in [7, 11) is 5.13. The summed E-state index contributed by atoms with van der Waals surface area (Å²) in [5.41, 5.74) is -5.21. The van der Waals surface area contributed by atoms with E-state index in [0.29, 0.717) is 24.2 Å². The van der Waals surface area contributed by atoms with Crippen molar-refractivity contribution in [1.82, 2.24) is 20.1 Å². The molecule has 0 spiro atoms. The molecule has 18 atom stereocenters. The van der Waals surface area contributed by atoms with Crippen molar-refractivity contribution in [2.75, 3.05) is 46.2 Å². The summed E-state index contributed by atoms with van der Waals surface area (Å²) in [5.74, 6) is -6.64. The van der Waals surface area contributed by atoms with Crippen LogP contribution in [0.3, 0.4) is 0 Å². The molecule has 8 N–H and O–H groups in total. The number of amides is 1. The summed E-state index contributed by atoms with van der Waals surface area (Å²) in [5, 5.41) is 67.1. The zero-order valence-corrected chi connectivity index (χ0v) is 48.2. The predicted molar refractivity (Wildman–Crippen MR) is 288 cm³/mol. The summed E-state index contributed by atoms with van der Waals surface area (Å²) in [6, 6.07) is 2.36. The second-order valence-electron chi connectivity index (χ2n) is 23.1. The number of hydrogen-bond acceptors (Lipinski definition) is 19. The molecule has 4 heterocycles. The minimum atomic E-state index is -2.09. The molecule has 3 saturated heterocycles. The minimum absolute atomic E-state index is 0.0229. The molecule has 1 aromatic heterocycles. The zero-order valence-electron chi connectivity index (χ0n) is 47.4. The molecule has 1 saturated carbocycles. The number of aromatic nitrogens is 1. The molecule has 78 heavy (non-hydrogen) atoms. The molecule has 0 bridgehead atoms. The number of benzene rings is 1. The Morgan fingerprint density at radius 3 is 2.23 bits per heavy atom. The number of methoxy groups -OCH3 is 1. The molecule has 1 aromatic carbocycles. The van der Waals surface area contributed by atoms with Crippen molar-refractivity contribution in [2.45, 2.75) is 211 Å². The van der Waals surface area contributed by atoms with Crippen LogP contribution in [0.15, 0.2) is 23.1 Å². The number of anilines is 1. The van der Waals surface area contributed by atoms with Crippen molar-refractivity contribution in [3.05, 3.63) is 39.1 Å². The molecule has 0 unspecified atom stereocenters. The Morgan fingerprint density at radius 2 is 1.62 bits per heavy atom. The van der Waals surface area contributed by atoms with Crippen LogP contribution < -0.4 is 21.4 Å². The number of likely N-dealkylation sites (N-methyl/N-ethyl adjacent to an activating group) is 1. The minimum Gasteiger partial charge on any atom is -0.477 e. The van der Waals surface area contributed by atoms with E-state index >= 15 is 0 Å². The van der Waals surface area contributed by atoms with Gasteiger partial charge in [0.15, 0.2) is 18.7 Å². The van der Waals surface area contributed by atoms with E-state index in [1.165, 1.54) is 34.1 Å². The smallest absolute Gasteiger partial charge is 0.341 e. The van der Waals surface area contributed by atoms with Crippen LogP contribution in [0.5, 0.6) is 0 Å². The molecule has 4 fully saturated rings. The fourth-order valence-electron chi connectivity index (χ4n) is 11.7. The number of aliphatic hydroxyl groups is 4. The highest BCUT2D eigenvalue weighted by molar-refractivity contribution is 6.35. The molecule has 440 valence electrons. The molecule has 2 aromatic rings. The first-order valence-electron chi connectivity index (χ1n) is 27.4. The molecule has 3 aliphatic heterocycles. The SMILES string of the molecule is CC[C@H]1OC(=O)[C@H](C)[C@@H](O[C@H]2C[C@@](C)(OC)[C@@H](OC(=O)CCNCCNc3c(Cl)ccc4c3c(=O)c(C(=O)O)cn4C3CC3)[C@H](C)O2)[C@H](C)[C@@H](O[C@@H]2O[C@H](C)C[C@H](N(C)C)[C@H]2O)[C@](C)(O)C[C@@H](C)NC(=O)[C@H](C)[C@@H](O)[C@]1(C)O. The second kappa shape index (κ2) is 25.8. The Balaban J connectivity index is 1.19. The Hall–Kier alpha value is -4.04. The van der Waals surface area contributed by atoms with Gasteiger partial charge in [-0.25, -0.2) is 4.79 Å². The van der Waals surface area contributed by atoms with Crippen LogP contribution in [0.25, 0.3) is 10.9 Å². The second-order valence-corrected chi connectivity index (χ2v) is 23.5. The van der Waals surface area contributed by atoms with Crippen LogP contribution in [-0.2, 0) is 47.5 Å². The van der Waals surface area contributed by atoms with E-state index in [4.69, 9.17) is 44.8 Å². The lowest BCUT2D eigenvalue weighted by molar-refractivity contribution is -0.318. The number of nitrogens with zero attached hydrogens (tertiary/aromatic N) is 2. The van der Waals surface area contributed by atoms with Gasteiger partial charge < -0.3 is 84.1 Å². The average Bonchev–Trinajstić information content (AvgIpc) is 4.31. The molecule has 0 radical (unpaired) electrons. The van der Waals surface area contributed by atoms with E-state index in [2.05, 4.69) is 16.0 Å². The van der Waals surface area contributed by atoms with Crippen molar-refractivity contribution in [3.8, 4) is 0 Å². The molecule has 22 nitrogen and oxygen atoms in total. The summed E-state index contributed by atoms with van der Waals surface area (Å²) in [6.07, 6.45) is -7.68. The van der Waals surface area contributed by atoms with Crippen molar-refractivity contribution >= 4 is 52.0 Å². The Morgan fingerprint density at radius 1 is 0.936 bits per heavy atom. The number of carboxylic acids is 1. The van der Waals surface area contributed by atoms with Gasteiger partial charge in [-0.15, -0.1) is 0 Å². The fourth-order valence-corrected chi connectivity index (χ4v) is 11.9. The average molecular weight is 1120 g/mol. The number of aromatic carboxylic acids is 1. The van der Waals surface area contributed by atoms with Crippen molar-refractivity contribution in [2.24, 2.45) is 17.8 Å². The maximum Gasteiger partial charge on any atom is 0.341 e. The van der Waals surface area contributed by atoms with Crippen molar-refractivity contribution in [3.63, 3.8) is 0 Å². The highest BCUT2D eigenvalue weighted by atomic mass is 35.5. The quantitative estimate of drug-likeness (QED) is 0.0827. The number of carbonyl (C=O) groups excluding carboxylic acids is 3. The largest absolute Gasteiger partial charge is 0.477 e. The van der Waals surface area contributed by atoms with Gasteiger partial charge in [0, 0.05) is 63.4 Å². The van der Waals surface area contributed by atoms with E-state index in [1.807, 2.05) is 30.5 Å². The third kappa shape index (κ3) is 14.2. The van der Waals surface area contributed by atoms with Crippen LogP contribution in [0, 0.1) is 17.8 Å². The normalized spacial score (nSPS) is 37.5. The third-order valence-electron chi connectivity index (χ3n) is 16.3. The molecule has 6 rings (SSSR count). The van der Waals surface area contributed by atoms with Crippen LogP contribution in [0.1, 0.15) is 131 Å². The topological polar surface area (TPSA) is 295 Å². The van der Waals surface area contributed by atoms with Crippen molar-refractivity contribution < 1.29 is 77.9 Å². The number of carbonyl (C=O) groups is 4. The number of rotatable bonds is 17. The van der Waals surface area contributed by atoms with Crippen molar-refractivity contribution in [1.29, 1.82) is 0 Å². The van der Waals surface area contributed by atoms with Gasteiger partial charge in [0.2, 0.25) is 11.3 Å². The van der Waals surface area contributed by atoms with E-state index in [0.717, 1.165) is 12.8 Å². The molecular formula is C55H86ClN5O17. The molecular weight excluding hydrogens is 1040 g/mol. The van der Waals surface area contributed by atoms with E-state index in [-0.39, 0.29) is 72.9 Å². The first-order valence-corrected chi connectivity index (χ1v) is 27.7. The van der Waals surface area contributed by atoms with E-state index < -0.39 is 125 Å². The molecule has 1 amide bonds. The van der Waals surface area contributed by atoms with Gasteiger partial charge in [0.25, 0.3) is 0 Å². The first kappa shape index (κ1) is 63.1. The number of hydrogen-bond donors (Lipinski definition) is 8. The van der Waals surface area contributed by atoms with E-state index in [1.54, 1.807) is 53.7 Å². The maximum absolute atomic E-state index is 14.5. The van der Waals surface area contributed by atoms with Gasteiger partial charge in [-0.1, -0.05) is 32.4 Å². The number of pyridine rings is 1. The standard InChI is InChI=1S/C55H86ClN5O17/c1-14-38-55(10,71)46(65)31(6)49(66)59-27(2)24-53(8,70)47(78-52-44(64)37(60(11)12)23-28(3)73-52)29(4)45(30(5)51(69)75-38)77-40-25-54(9,72-13)48(32(7)74-40)76-39(62)19-20-57-21-22-58-42-35(56)17-18-36-41(42)43(63)34(50(67)68)26-61(36)33-15-16-33/h17-18,26-33,37-38,40,44-48,52,57-58,64-65,70-71H,14-16,19-25H2,1-13H3,(H,59,66)(H,67,68)/t27-,28-,29+,30-,31-,32+,37+,38-,40+,44-,45+,46-,47-,48+,52+,53-,54-,55-/m1/s1. The van der Waals surface area contributed by atoms with Gasteiger partial charge >= 0.3 is 17.9 Å². The van der Waals surface area contributed by atoms with Gasteiger partial charge in [-0.05, 0) is 107 Å². The molecule has 1 aliphatic carbocycles. The summed E-state index contributed by atoms with van der Waals surface area (Å²) >= 11 is 6.56. The number of fused-ring (bicyclic) bond motifs is 1. The van der Waals surface area contributed by atoms with Crippen LogP contribution in [-0.4, -0.2) is 190 Å². The van der Waals surface area contributed by atoms with Crippen LogP contribution >= 0.6 is 11.6 Å². The maximum atomic E-state index is 14.5. The van der Waals surface area contributed by atoms with Gasteiger partial charge in [-0.2, -0.15) is 0 Å². The van der Waals surface area contributed by atoms with Gasteiger partial charge in [0.05, 0.1) is 76.0 Å². The van der Waals surface area contributed by atoms with Gasteiger partial charge in [0.1, 0.15) is 29.0 Å². The fraction of sp³-hybridized carbons (Fsp3) is 0.764. The Kier molecular flexibility index (Phi) is 20.9. The number of esters is 2. The summed E-state index contributed by atoms with van der Waals surface area (Å²) in [6.45, 7) is 17.0. The first-order chi connectivity index (χ1) is 36.5. The lowest BCUT2D eigenvalue weighted by Gasteiger charge is -2.49. The highest BCUT2D eigenvalue weighted by Gasteiger charge is 2.54. The monoisotopic (exact) mass is 1120 g/mol. The lowest BCUT2D eigenvalue weighted by Crippen LogP contribution is -2.61.